The normalized spacial score (nSPS) is 11.5. The average molecular weight is 421 g/mol. The molecule has 0 fully saturated rings. The first kappa shape index (κ1) is 20.3. The lowest BCUT2D eigenvalue weighted by Gasteiger charge is -2.14. The maximum Gasteiger partial charge on any atom is 0.266 e. The summed E-state index contributed by atoms with van der Waals surface area (Å²) in [4.78, 5) is 22.6. The van der Waals surface area contributed by atoms with Gasteiger partial charge in [0, 0.05) is 6.42 Å². The third-order valence-electron chi connectivity index (χ3n) is 4.92. The number of rotatable bonds is 6. The fourth-order valence-electron chi connectivity index (χ4n) is 3.22. The maximum atomic E-state index is 13.3. The number of thioether (sulfide) groups is 1. The summed E-state index contributed by atoms with van der Waals surface area (Å²) < 4.78 is 7.06. The highest BCUT2D eigenvalue weighted by atomic mass is 32.2. The van der Waals surface area contributed by atoms with E-state index in [1.54, 1.807) is 4.57 Å². The van der Waals surface area contributed by atoms with Crippen molar-refractivity contribution in [2.45, 2.75) is 45.0 Å². The van der Waals surface area contributed by atoms with Crippen molar-refractivity contribution in [3.8, 4) is 5.69 Å². The molecule has 0 unspecified atom stereocenters. The van der Waals surface area contributed by atoms with Crippen LogP contribution in [0.3, 0.4) is 0 Å². The van der Waals surface area contributed by atoms with E-state index in [-0.39, 0.29) is 5.56 Å². The maximum absolute atomic E-state index is 13.3. The smallest absolute Gasteiger partial charge is 0.266 e. The molecule has 2 aromatic heterocycles. The molecule has 154 valence electrons. The zero-order chi connectivity index (χ0) is 21.3. The number of fused-ring (bicyclic) bond motifs is 1. The molecule has 0 radical (unpaired) electrons. The molecular formula is C23H24N4O2S. The summed E-state index contributed by atoms with van der Waals surface area (Å²) in [7, 11) is 0. The molecule has 0 saturated carbocycles. The second-order valence-electron chi connectivity index (χ2n) is 7.81. The molecule has 30 heavy (non-hydrogen) atoms. The third-order valence-corrected chi connectivity index (χ3v) is 5.84. The second kappa shape index (κ2) is 8.44. The minimum Gasteiger partial charge on any atom is -0.338 e. The lowest BCUT2D eigenvalue weighted by atomic mass is 10.1. The fourth-order valence-corrected chi connectivity index (χ4v) is 4.07. The van der Waals surface area contributed by atoms with Crippen molar-refractivity contribution in [2.75, 3.05) is 0 Å². The van der Waals surface area contributed by atoms with Crippen LogP contribution >= 0.6 is 11.8 Å². The van der Waals surface area contributed by atoms with Gasteiger partial charge in [-0.1, -0.05) is 49.0 Å². The number of aryl methyl sites for hydroxylation is 2. The minimum atomic E-state index is -0.0858. The Bertz CT molecular complexity index is 1260. The summed E-state index contributed by atoms with van der Waals surface area (Å²) >= 11 is 1.42. The Morgan fingerprint density at radius 3 is 2.63 bits per heavy atom. The third kappa shape index (κ3) is 4.16. The van der Waals surface area contributed by atoms with E-state index in [1.807, 2.05) is 49.4 Å². The highest BCUT2D eigenvalue weighted by molar-refractivity contribution is 7.98. The summed E-state index contributed by atoms with van der Waals surface area (Å²) in [6, 6.07) is 13.4. The van der Waals surface area contributed by atoms with Crippen LogP contribution in [0.2, 0.25) is 0 Å². The van der Waals surface area contributed by atoms with Gasteiger partial charge in [0.15, 0.2) is 11.0 Å². The molecule has 0 N–H and O–H groups in total. The Labute approximate surface area is 179 Å². The first-order chi connectivity index (χ1) is 14.4. The molecule has 0 bridgehead atoms. The van der Waals surface area contributed by atoms with E-state index in [4.69, 9.17) is 9.51 Å². The van der Waals surface area contributed by atoms with E-state index in [0.717, 1.165) is 17.7 Å². The molecule has 0 aliphatic heterocycles. The van der Waals surface area contributed by atoms with E-state index in [9.17, 15) is 4.79 Å². The quantitative estimate of drug-likeness (QED) is 0.327. The van der Waals surface area contributed by atoms with Crippen molar-refractivity contribution in [2.24, 2.45) is 5.92 Å². The van der Waals surface area contributed by atoms with Gasteiger partial charge in [-0.2, -0.15) is 4.98 Å². The Hall–Kier alpha value is -2.93. The van der Waals surface area contributed by atoms with Gasteiger partial charge in [-0.25, -0.2) is 4.98 Å². The number of nitrogens with zero attached hydrogens (tertiary/aromatic N) is 4. The van der Waals surface area contributed by atoms with Crippen LogP contribution < -0.4 is 5.56 Å². The molecule has 0 spiro atoms. The average Bonchev–Trinajstić information content (AvgIpc) is 3.15. The van der Waals surface area contributed by atoms with Gasteiger partial charge in [-0.15, -0.1) is 0 Å². The molecule has 0 aliphatic rings. The number of aromatic nitrogens is 4. The Kier molecular flexibility index (Phi) is 5.72. The molecule has 4 aromatic rings. The molecule has 4 rings (SSSR count). The van der Waals surface area contributed by atoms with Crippen molar-refractivity contribution < 1.29 is 4.52 Å². The van der Waals surface area contributed by atoms with Crippen LogP contribution in [-0.2, 0) is 12.2 Å². The molecule has 6 nitrogen and oxygen atoms in total. The van der Waals surface area contributed by atoms with Gasteiger partial charge in [0.2, 0.25) is 5.89 Å². The zero-order valence-electron chi connectivity index (χ0n) is 17.5. The van der Waals surface area contributed by atoms with Crippen LogP contribution in [0.1, 0.15) is 36.7 Å². The Balaban J connectivity index is 1.75. The topological polar surface area (TPSA) is 73.8 Å². The van der Waals surface area contributed by atoms with Crippen molar-refractivity contribution in [3.05, 3.63) is 75.7 Å². The molecule has 0 aliphatic carbocycles. The van der Waals surface area contributed by atoms with E-state index in [0.29, 0.717) is 39.4 Å². The molecule has 0 atom stereocenters. The van der Waals surface area contributed by atoms with Crippen LogP contribution in [0, 0.1) is 19.8 Å². The van der Waals surface area contributed by atoms with Gasteiger partial charge < -0.3 is 4.52 Å². The largest absolute Gasteiger partial charge is 0.338 e. The van der Waals surface area contributed by atoms with Crippen molar-refractivity contribution in [3.63, 3.8) is 0 Å². The van der Waals surface area contributed by atoms with Gasteiger partial charge in [0.05, 0.1) is 22.3 Å². The van der Waals surface area contributed by atoms with Crippen LogP contribution in [0.5, 0.6) is 0 Å². The van der Waals surface area contributed by atoms with Crippen molar-refractivity contribution >= 4 is 22.7 Å². The summed E-state index contributed by atoms with van der Waals surface area (Å²) in [5.74, 6) is 2.14. The molecule has 0 saturated heterocycles. The van der Waals surface area contributed by atoms with E-state index >= 15 is 0 Å². The lowest BCUT2D eigenvalue weighted by molar-refractivity contribution is 0.382. The predicted octanol–water partition coefficient (Wildman–Crippen LogP) is 4.88. The van der Waals surface area contributed by atoms with Gasteiger partial charge in [-0.3, -0.25) is 9.36 Å². The first-order valence-electron chi connectivity index (χ1n) is 9.96. The Morgan fingerprint density at radius 1 is 1.07 bits per heavy atom. The highest BCUT2D eigenvalue weighted by Crippen LogP contribution is 2.25. The van der Waals surface area contributed by atoms with Crippen molar-refractivity contribution in [1.29, 1.82) is 0 Å². The number of hydrogen-bond acceptors (Lipinski definition) is 6. The molecular weight excluding hydrogens is 396 g/mol. The summed E-state index contributed by atoms with van der Waals surface area (Å²) in [5, 5.41) is 5.25. The predicted molar refractivity (Wildman–Crippen MR) is 119 cm³/mol. The zero-order valence-corrected chi connectivity index (χ0v) is 18.4. The van der Waals surface area contributed by atoms with E-state index in [2.05, 4.69) is 30.9 Å². The molecule has 2 heterocycles. The first-order valence-corrected chi connectivity index (χ1v) is 10.9. The van der Waals surface area contributed by atoms with E-state index < -0.39 is 0 Å². The second-order valence-corrected chi connectivity index (χ2v) is 8.75. The molecule has 2 aromatic carbocycles. The lowest BCUT2D eigenvalue weighted by Crippen LogP contribution is -2.22. The Morgan fingerprint density at radius 2 is 1.87 bits per heavy atom. The highest BCUT2D eigenvalue weighted by Gasteiger charge is 2.16. The monoisotopic (exact) mass is 420 g/mol. The van der Waals surface area contributed by atoms with Crippen LogP contribution in [0.4, 0.5) is 0 Å². The van der Waals surface area contributed by atoms with E-state index in [1.165, 1.54) is 17.3 Å². The van der Waals surface area contributed by atoms with Gasteiger partial charge in [0.1, 0.15) is 0 Å². The van der Waals surface area contributed by atoms with Gasteiger partial charge in [0.25, 0.3) is 5.56 Å². The summed E-state index contributed by atoms with van der Waals surface area (Å²) in [6.07, 6.45) is 0.774. The van der Waals surface area contributed by atoms with Crippen LogP contribution in [0.25, 0.3) is 16.6 Å². The molecule has 7 heteroatoms. The van der Waals surface area contributed by atoms with Gasteiger partial charge in [-0.05, 0) is 55.2 Å². The summed E-state index contributed by atoms with van der Waals surface area (Å²) in [6.45, 7) is 8.33. The van der Waals surface area contributed by atoms with Gasteiger partial charge >= 0.3 is 0 Å². The van der Waals surface area contributed by atoms with Crippen LogP contribution in [0.15, 0.2) is 56.9 Å². The fraction of sp³-hybridized carbons (Fsp3) is 0.304. The SMILES string of the molecule is Cc1ccc(-n2c(SCc3nc(CC(C)C)no3)nc3ccccc3c2=O)cc1C. The number of hydrogen-bond donors (Lipinski definition) is 0. The van der Waals surface area contributed by atoms with Crippen LogP contribution in [-0.4, -0.2) is 19.7 Å². The standard InChI is InChI=1S/C23H24N4O2S/c1-14(2)11-20-25-21(29-26-20)13-30-23-24-19-8-6-5-7-18(19)22(28)27(23)17-10-9-15(3)16(4)12-17/h5-10,12,14H,11,13H2,1-4H3. The summed E-state index contributed by atoms with van der Waals surface area (Å²) in [5.41, 5.74) is 3.69. The number of para-hydroxylation sites is 1. The van der Waals surface area contributed by atoms with Crippen molar-refractivity contribution in [1.82, 2.24) is 19.7 Å². The molecule has 0 amide bonds. The minimum absolute atomic E-state index is 0.0858. The number of benzene rings is 2.